The van der Waals surface area contributed by atoms with Crippen LogP contribution in [0.15, 0.2) is 34.9 Å². The number of aromatic nitrogens is 1. The first-order chi connectivity index (χ1) is 8.06. The minimum absolute atomic E-state index is 0.195. The van der Waals surface area contributed by atoms with Gasteiger partial charge in [0.25, 0.3) is 0 Å². The maximum Gasteiger partial charge on any atom is 0.149 e. The van der Waals surface area contributed by atoms with Gasteiger partial charge in [-0.1, -0.05) is 0 Å². The molecule has 1 heterocycles. The van der Waals surface area contributed by atoms with E-state index in [4.69, 9.17) is 0 Å². The van der Waals surface area contributed by atoms with Gasteiger partial charge in [0.2, 0.25) is 0 Å². The molecule has 2 rings (SSSR count). The molecule has 0 unspecified atom stereocenters. The van der Waals surface area contributed by atoms with Crippen LogP contribution >= 0.6 is 15.9 Å². The maximum absolute atomic E-state index is 13.4. The second kappa shape index (κ2) is 4.79. The van der Waals surface area contributed by atoms with Crippen LogP contribution in [0.25, 0.3) is 0 Å². The first-order valence-electron chi connectivity index (χ1n) is 4.90. The predicted molar refractivity (Wildman–Crippen MR) is 66.3 cm³/mol. The fraction of sp³-hybridized carbons (Fsp3) is 0.0833. The Hall–Kier alpha value is -1.49. The zero-order valence-corrected chi connectivity index (χ0v) is 10.6. The molecule has 0 aliphatic carbocycles. The molecule has 0 fully saturated rings. The largest absolute Gasteiger partial charge is 0.338 e. The first-order valence-corrected chi connectivity index (χ1v) is 5.70. The molecule has 0 aliphatic heterocycles. The van der Waals surface area contributed by atoms with E-state index in [0.717, 1.165) is 16.1 Å². The quantitative estimate of drug-likeness (QED) is 0.900. The highest BCUT2D eigenvalue weighted by molar-refractivity contribution is 9.10. The Balaban J connectivity index is 2.28. The number of anilines is 2. The van der Waals surface area contributed by atoms with Crippen molar-refractivity contribution in [3.05, 3.63) is 52.1 Å². The van der Waals surface area contributed by atoms with E-state index in [9.17, 15) is 8.78 Å². The van der Waals surface area contributed by atoms with Gasteiger partial charge in [-0.3, -0.25) is 0 Å². The molecule has 0 aliphatic rings. The van der Waals surface area contributed by atoms with Crippen molar-refractivity contribution in [1.29, 1.82) is 0 Å². The van der Waals surface area contributed by atoms with Gasteiger partial charge in [0.15, 0.2) is 0 Å². The third-order valence-corrected chi connectivity index (χ3v) is 3.07. The topological polar surface area (TPSA) is 24.9 Å². The molecule has 5 heteroatoms. The summed E-state index contributed by atoms with van der Waals surface area (Å²) in [6.45, 7) is 1.90. The van der Waals surface area contributed by atoms with Crippen molar-refractivity contribution in [3.63, 3.8) is 0 Å². The molecular formula is C12H9BrF2N2. The average Bonchev–Trinajstić information content (AvgIpc) is 2.27. The molecule has 88 valence electrons. The Labute approximate surface area is 106 Å². The Bertz CT molecular complexity index is 558. The van der Waals surface area contributed by atoms with E-state index in [1.807, 2.05) is 6.92 Å². The van der Waals surface area contributed by atoms with E-state index in [2.05, 4.69) is 26.2 Å². The van der Waals surface area contributed by atoms with Crippen LogP contribution in [0.4, 0.5) is 20.3 Å². The average molecular weight is 299 g/mol. The lowest BCUT2D eigenvalue weighted by Gasteiger charge is -2.08. The minimum Gasteiger partial charge on any atom is -0.338 e. The lowest BCUT2D eigenvalue weighted by atomic mass is 10.2. The molecule has 2 nitrogen and oxygen atoms in total. The highest BCUT2D eigenvalue weighted by Crippen LogP contribution is 2.22. The van der Waals surface area contributed by atoms with Crippen molar-refractivity contribution >= 4 is 27.4 Å². The van der Waals surface area contributed by atoms with Gasteiger partial charge in [-0.05, 0) is 46.6 Å². The Morgan fingerprint density at radius 1 is 1.24 bits per heavy atom. The number of rotatable bonds is 2. The molecule has 0 bridgehead atoms. The van der Waals surface area contributed by atoms with E-state index < -0.39 is 11.6 Å². The lowest BCUT2D eigenvalue weighted by molar-refractivity contribution is 0.586. The molecule has 0 spiro atoms. The van der Waals surface area contributed by atoms with Crippen LogP contribution in [-0.2, 0) is 0 Å². The number of nitrogens with one attached hydrogen (secondary N) is 1. The van der Waals surface area contributed by atoms with E-state index in [1.165, 1.54) is 12.1 Å². The van der Waals surface area contributed by atoms with Gasteiger partial charge in [0, 0.05) is 16.7 Å². The second-order valence-corrected chi connectivity index (χ2v) is 4.42. The normalized spacial score (nSPS) is 10.4. The Morgan fingerprint density at radius 3 is 2.65 bits per heavy atom. The van der Waals surface area contributed by atoms with E-state index in [-0.39, 0.29) is 5.69 Å². The van der Waals surface area contributed by atoms with Crippen LogP contribution in [0.3, 0.4) is 0 Å². The number of benzene rings is 1. The summed E-state index contributed by atoms with van der Waals surface area (Å²) >= 11 is 3.32. The third-order valence-electron chi connectivity index (χ3n) is 2.24. The molecule has 1 aromatic carbocycles. The van der Waals surface area contributed by atoms with Gasteiger partial charge < -0.3 is 5.32 Å². The van der Waals surface area contributed by atoms with Crippen LogP contribution in [0, 0.1) is 18.6 Å². The summed E-state index contributed by atoms with van der Waals surface area (Å²) < 4.78 is 27.0. The predicted octanol–water partition coefficient (Wildman–Crippen LogP) is 4.17. The van der Waals surface area contributed by atoms with Crippen LogP contribution in [0.1, 0.15) is 5.56 Å². The Kier molecular flexibility index (Phi) is 3.38. The van der Waals surface area contributed by atoms with Gasteiger partial charge in [-0.2, -0.15) is 0 Å². The number of halogens is 3. The number of pyridine rings is 1. The van der Waals surface area contributed by atoms with Gasteiger partial charge in [0.1, 0.15) is 17.5 Å². The van der Waals surface area contributed by atoms with Gasteiger partial charge >= 0.3 is 0 Å². The Morgan fingerprint density at radius 2 is 2.00 bits per heavy atom. The number of hydrogen-bond acceptors (Lipinski definition) is 2. The molecule has 0 saturated carbocycles. The zero-order valence-electron chi connectivity index (χ0n) is 8.97. The van der Waals surface area contributed by atoms with E-state index in [1.54, 1.807) is 12.3 Å². The first kappa shape index (κ1) is 12.0. The van der Waals surface area contributed by atoms with Crippen molar-refractivity contribution in [2.24, 2.45) is 0 Å². The summed E-state index contributed by atoms with van der Waals surface area (Å²) in [6.07, 6.45) is 1.62. The summed E-state index contributed by atoms with van der Waals surface area (Å²) in [5.74, 6) is -0.739. The molecule has 0 radical (unpaired) electrons. The molecule has 17 heavy (non-hydrogen) atoms. The maximum atomic E-state index is 13.4. The van der Waals surface area contributed by atoms with Crippen molar-refractivity contribution in [2.45, 2.75) is 6.92 Å². The zero-order chi connectivity index (χ0) is 12.4. The van der Waals surface area contributed by atoms with Crippen molar-refractivity contribution in [3.8, 4) is 0 Å². The van der Waals surface area contributed by atoms with Crippen LogP contribution in [-0.4, -0.2) is 4.98 Å². The molecule has 0 saturated heterocycles. The van der Waals surface area contributed by atoms with E-state index >= 15 is 0 Å². The molecule has 1 aromatic heterocycles. The summed E-state index contributed by atoms with van der Waals surface area (Å²) in [6, 6.07) is 5.13. The molecule has 0 amide bonds. The standard InChI is InChI=1S/C12H9BrF2N2/c1-7-4-12(16-6-9(7)13)17-11-3-2-8(14)5-10(11)15/h2-6H,1H3,(H,16,17). The van der Waals surface area contributed by atoms with E-state index in [0.29, 0.717) is 5.82 Å². The number of aryl methyl sites for hydroxylation is 1. The molecule has 2 aromatic rings. The third kappa shape index (κ3) is 2.79. The van der Waals surface area contributed by atoms with Crippen molar-refractivity contribution in [1.82, 2.24) is 4.98 Å². The number of nitrogens with zero attached hydrogens (tertiary/aromatic N) is 1. The second-order valence-electron chi connectivity index (χ2n) is 3.57. The lowest BCUT2D eigenvalue weighted by Crippen LogP contribution is -1.97. The highest BCUT2D eigenvalue weighted by atomic mass is 79.9. The SMILES string of the molecule is Cc1cc(Nc2ccc(F)cc2F)ncc1Br. The van der Waals surface area contributed by atoms with Crippen LogP contribution in [0.5, 0.6) is 0 Å². The molecule has 0 atom stereocenters. The fourth-order valence-corrected chi connectivity index (χ4v) is 1.55. The summed E-state index contributed by atoms with van der Waals surface area (Å²) in [4.78, 5) is 4.08. The van der Waals surface area contributed by atoms with Gasteiger partial charge in [-0.15, -0.1) is 0 Å². The van der Waals surface area contributed by atoms with Gasteiger partial charge in [-0.25, -0.2) is 13.8 Å². The fourth-order valence-electron chi connectivity index (χ4n) is 1.34. The monoisotopic (exact) mass is 298 g/mol. The number of hydrogen-bond donors (Lipinski definition) is 1. The summed E-state index contributed by atoms with van der Waals surface area (Å²) in [5, 5.41) is 2.79. The summed E-state index contributed by atoms with van der Waals surface area (Å²) in [5.41, 5.74) is 1.17. The van der Waals surface area contributed by atoms with Crippen molar-refractivity contribution < 1.29 is 8.78 Å². The van der Waals surface area contributed by atoms with Crippen molar-refractivity contribution in [2.75, 3.05) is 5.32 Å². The van der Waals surface area contributed by atoms with Crippen LogP contribution in [0.2, 0.25) is 0 Å². The minimum atomic E-state index is -0.646. The summed E-state index contributed by atoms with van der Waals surface area (Å²) in [7, 11) is 0. The smallest absolute Gasteiger partial charge is 0.149 e. The van der Waals surface area contributed by atoms with Crippen LogP contribution < -0.4 is 5.32 Å². The molecular weight excluding hydrogens is 290 g/mol. The highest BCUT2D eigenvalue weighted by Gasteiger charge is 2.05. The molecule has 1 N–H and O–H groups in total. The van der Waals surface area contributed by atoms with Gasteiger partial charge in [0.05, 0.1) is 5.69 Å².